The average molecular weight is 973 g/mol. The predicted molar refractivity (Wildman–Crippen MR) is 304 cm³/mol. The van der Waals surface area contributed by atoms with Crippen LogP contribution in [0.5, 0.6) is 0 Å². The molecule has 4 aromatic heterocycles. The van der Waals surface area contributed by atoms with Crippen LogP contribution in [0.4, 0.5) is 45.8 Å². The van der Waals surface area contributed by atoms with Crippen LogP contribution in [0.15, 0.2) is 167 Å². The first-order chi connectivity index (χ1) is 36.4. The number of pyridine rings is 2. The molecule has 14 rings (SSSR count). The fourth-order valence-electron chi connectivity index (χ4n) is 15.7. The Morgan fingerprint density at radius 2 is 0.919 bits per heavy atom. The average Bonchev–Trinajstić information content (AvgIpc) is 4.23. The number of para-hydroxylation sites is 4. The number of nitrogens with zero attached hydrogens (tertiary/aromatic N) is 6. The van der Waals surface area contributed by atoms with Gasteiger partial charge in [0.15, 0.2) is 11.6 Å². The van der Waals surface area contributed by atoms with Gasteiger partial charge < -0.3 is 28.4 Å². The van der Waals surface area contributed by atoms with Crippen LogP contribution in [-0.4, -0.2) is 22.3 Å². The summed E-state index contributed by atoms with van der Waals surface area (Å²) >= 11 is 0. The number of hydrogen-bond donors (Lipinski definition) is 0. The Labute approximate surface area is 434 Å². The molecule has 6 unspecified atom stereocenters. The molecule has 10 aromatic rings. The number of aryl methyl sites for hydroxylation is 2. The molecular formula is C66H64N6O2. The SMILES string of the molecule is CCC1c2ccccc2N2c3ncccc3N(c3ccc4c(oc5ccccc54)c3C)C2C1(CC)CCCCC1(CC)C(CC)c2ccccc2N2c3ncccc3N(c3ccc4oc5ccccc5c4c3C)C21. The summed E-state index contributed by atoms with van der Waals surface area (Å²) in [7, 11) is 0. The number of rotatable bonds is 11. The molecule has 6 atom stereocenters. The fourth-order valence-corrected chi connectivity index (χ4v) is 15.7. The van der Waals surface area contributed by atoms with Crippen LogP contribution < -0.4 is 19.6 Å². The van der Waals surface area contributed by atoms with E-state index in [-0.39, 0.29) is 23.2 Å². The van der Waals surface area contributed by atoms with Gasteiger partial charge in [-0.2, -0.15) is 0 Å². The van der Waals surface area contributed by atoms with Crippen molar-refractivity contribution in [3.8, 4) is 0 Å². The van der Waals surface area contributed by atoms with Crippen LogP contribution >= 0.6 is 0 Å². The van der Waals surface area contributed by atoms with Crippen LogP contribution in [0.3, 0.4) is 0 Å². The first-order valence-electron chi connectivity index (χ1n) is 27.4. The summed E-state index contributed by atoms with van der Waals surface area (Å²) in [6.45, 7) is 14.4. The number of furan rings is 2. The minimum absolute atomic E-state index is 0.00106. The monoisotopic (exact) mass is 973 g/mol. The van der Waals surface area contributed by atoms with Crippen molar-refractivity contribution in [2.45, 2.75) is 117 Å². The smallest absolute Gasteiger partial charge is 0.158 e. The van der Waals surface area contributed by atoms with E-state index in [2.05, 4.69) is 207 Å². The maximum absolute atomic E-state index is 6.74. The number of unbranched alkanes of at least 4 members (excludes halogenated alkanes) is 1. The molecular weight excluding hydrogens is 909 g/mol. The predicted octanol–water partition coefficient (Wildman–Crippen LogP) is 18.2. The van der Waals surface area contributed by atoms with E-state index in [0.717, 1.165) is 113 Å². The molecule has 8 heteroatoms. The van der Waals surface area contributed by atoms with Crippen molar-refractivity contribution in [3.63, 3.8) is 0 Å². The summed E-state index contributed by atoms with van der Waals surface area (Å²) in [6.07, 6.45) is 12.5. The third kappa shape index (κ3) is 6.02. The molecule has 0 saturated heterocycles. The lowest BCUT2D eigenvalue weighted by atomic mass is 9.59. The van der Waals surface area contributed by atoms with E-state index < -0.39 is 0 Å². The van der Waals surface area contributed by atoms with E-state index in [0.29, 0.717) is 11.8 Å². The summed E-state index contributed by atoms with van der Waals surface area (Å²) in [4.78, 5) is 21.2. The Morgan fingerprint density at radius 1 is 0.432 bits per heavy atom. The highest BCUT2D eigenvalue weighted by Crippen LogP contribution is 2.66. The van der Waals surface area contributed by atoms with Gasteiger partial charge in [-0.1, -0.05) is 113 Å². The van der Waals surface area contributed by atoms with Crippen molar-refractivity contribution in [2.24, 2.45) is 10.8 Å². The van der Waals surface area contributed by atoms with Gasteiger partial charge in [0.05, 0.1) is 11.4 Å². The van der Waals surface area contributed by atoms with Crippen LogP contribution in [0.1, 0.15) is 113 Å². The van der Waals surface area contributed by atoms with Crippen molar-refractivity contribution in [2.75, 3.05) is 19.6 Å². The van der Waals surface area contributed by atoms with Gasteiger partial charge in [0.2, 0.25) is 0 Å². The maximum Gasteiger partial charge on any atom is 0.158 e. The summed E-state index contributed by atoms with van der Waals surface area (Å²) in [6, 6.07) is 53.4. The van der Waals surface area contributed by atoms with Crippen molar-refractivity contribution >= 4 is 89.6 Å². The third-order valence-electron chi connectivity index (χ3n) is 18.8. The zero-order valence-electron chi connectivity index (χ0n) is 43.5. The van der Waals surface area contributed by atoms with Crippen molar-refractivity contribution < 1.29 is 8.83 Å². The molecule has 0 spiro atoms. The molecule has 8 heterocycles. The minimum Gasteiger partial charge on any atom is -0.456 e. The second-order valence-electron chi connectivity index (χ2n) is 21.7. The van der Waals surface area contributed by atoms with Crippen LogP contribution in [-0.2, 0) is 0 Å². The topological polar surface area (TPSA) is 65.0 Å². The lowest BCUT2D eigenvalue weighted by molar-refractivity contribution is 0.111. The zero-order chi connectivity index (χ0) is 50.0. The lowest BCUT2D eigenvalue weighted by Crippen LogP contribution is -2.57. The number of benzene rings is 6. The van der Waals surface area contributed by atoms with Gasteiger partial charge in [0.1, 0.15) is 34.7 Å². The van der Waals surface area contributed by atoms with E-state index in [1.165, 1.54) is 50.5 Å². The molecule has 0 N–H and O–H groups in total. The van der Waals surface area contributed by atoms with Crippen LogP contribution in [0.2, 0.25) is 0 Å². The second kappa shape index (κ2) is 17.0. The summed E-state index contributed by atoms with van der Waals surface area (Å²) in [5.74, 6) is 2.74. The molecule has 370 valence electrons. The Balaban J connectivity index is 0.890. The van der Waals surface area contributed by atoms with E-state index in [1.54, 1.807) is 0 Å². The first kappa shape index (κ1) is 45.1. The molecule has 74 heavy (non-hydrogen) atoms. The highest BCUT2D eigenvalue weighted by Gasteiger charge is 2.60. The van der Waals surface area contributed by atoms with Gasteiger partial charge in [-0.15, -0.1) is 0 Å². The molecule has 4 aliphatic rings. The van der Waals surface area contributed by atoms with Gasteiger partial charge in [0.25, 0.3) is 0 Å². The van der Waals surface area contributed by atoms with Gasteiger partial charge in [-0.05, 0) is 154 Å². The fraction of sp³-hybridized carbons (Fsp3) is 0.303. The van der Waals surface area contributed by atoms with Crippen molar-refractivity contribution in [1.29, 1.82) is 0 Å². The number of fused-ring (bicyclic) bond motifs is 16. The van der Waals surface area contributed by atoms with Gasteiger partial charge in [-0.3, -0.25) is 0 Å². The lowest BCUT2D eigenvalue weighted by Gasteiger charge is -2.56. The first-order valence-corrected chi connectivity index (χ1v) is 27.4. The van der Waals surface area contributed by atoms with E-state index in [4.69, 9.17) is 18.8 Å². The number of aromatic nitrogens is 2. The third-order valence-corrected chi connectivity index (χ3v) is 18.8. The quantitative estimate of drug-likeness (QED) is 0.119. The molecule has 4 aliphatic heterocycles. The highest BCUT2D eigenvalue weighted by molar-refractivity contribution is 6.10. The molecule has 0 aliphatic carbocycles. The normalized spacial score (nSPS) is 22.6. The van der Waals surface area contributed by atoms with E-state index >= 15 is 0 Å². The van der Waals surface area contributed by atoms with Crippen LogP contribution in [0, 0.1) is 24.7 Å². The van der Waals surface area contributed by atoms with E-state index in [9.17, 15) is 0 Å². The Bertz CT molecular complexity index is 3840. The molecule has 0 fully saturated rings. The van der Waals surface area contributed by atoms with Crippen LogP contribution in [0.25, 0.3) is 43.9 Å². The number of anilines is 8. The number of hydrogen-bond acceptors (Lipinski definition) is 8. The van der Waals surface area contributed by atoms with Gasteiger partial charge in [0, 0.05) is 73.1 Å². The largest absolute Gasteiger partial charge is 0.456 e. The maximum atomic E-state index is 6.74. The van der Waals surface area contributed by atoms with Crippen molar-refractivity contribution in [1.82, 2.24) is 9.97 Å². The van der Waals surface area contributed by atoms with E-state index in [1.807, 2.05) is 12.4 Å². The minimum atomic E-state index is -0.132. The molecule has 6 aromatic carbocycles. The summed E-state index contributed by atoms with van der Waals surface area (Å²) in [5, 5.41) is 4.68. The summed E-state index contributed by atoms with van der Waals surface area (Å²) in [5.41, 5.74) is 16.1. The molecule has 0 saturated carbocycles. The highest BCUT2D eigenvalue weighted by atomic mass is 16.3. The molecule has 0 bridgehead atoms. The van der Waals surface area contributed by atoms with Crippen molar-refractivity contribution in [3.05, 3.63) is 180 Å². The Morgan fingerprint density at radius 3 is 1.49 bits per heavy atom. The molecule has 8 nitrogen and oxygen atoms in total. The Hall–Kier alpha value is -7.58. The molecule has 0 amide bonds. The van der Waals surface area contributed by atoms with Gasteiger partial charge in [-0.25, -0.2) is 9.97 Å². The van der Waals surface area contributed by atoms with Gasteiger partial charge >= 0.3 is 0 Å². The molecule has 0 radical (unpaired) electrons. The summed E-state index contributed by atoms with van der Waals surface area (Å²) < 4.78 is 13.2. The second-order valence-corrected chi connectivity index (χ2v) is 21.7. The standard InChI is InChI=1S/C66H64N6O2/c1-7-48-45-24-11-15-27-52(45)71-61-54(29-21-39-67-61)69(50-35-36-58-59(41(50)5)47-26-14-18-32-57(47)73-58)63(71)65(48,9-3)37-19-20-38-66(10-4)49(8-2)46-25-12-16-28-53(46)72-62-55(30-22-40-68-62)70(64(66)72)51-34-33-44-43-23-13-17-31-56(43)74-60(44)42(51)6/h11-18,21-36,39-40,48-49,63-64H,7-10,19-20,37-38H2,1-6H3. The Kier molecular flexibility index (Phi) is 10.3. The zero-order valence-corrected chi connectivity index (χ0v) is 43.5.